The number of aromatic nitrogens is 2. The predicted octanol–water partition coefficient (Wildman–Crippen LogP) is 7.11. The van der Waals surface area contributed by atoms with E-state index < -0.39 is 0 Å². The summed E-state index contributed by atoms with van der Waals surface area (Å²) in [6.07, 6.45) is 9.22. The summed E-state index contributed by atoms with van der Waals surface area (Å²) in [6.45, 7) is 3.28. The third-order valence-corrected chi connectivity index (χ3v) is 4.96. The molecule has 0 atom stereocenters. The van der Waals surface area contributed by atoms with Crippen LogP contribution in [0.3, 0.4) is 0 Å². The molecule has 132 valence electrons. The van der Waals surface area contributed by atoms with Crippen molar-refractivity contribution in [1.82, 2.24) is 9.55 Å². The van der Waals surface area contributed by atoms with Crippen LogP contribution in [-0.2, 0) is 6.54 Å². The fourth-order valence-corrected chi connectivity index (χ4v) is 3.57. The Balaban J connectivity index is 1.75. The summed E-state index contributed by atoms with van der Waals surface area (Å²) in [5.41, 5.74) is 3.36. The maximum Gasteiger partial charge on any atom is 0.141 e. The SMILES string of the molecule is CCCCCCCCCn1c(-c2cccc(Cl)c2)nc2ccccc21. The molecule has 0 aliphatic carbocycles. The van der Waals surface area contributed by atoms with Gasteiger partial charge < -0.3 is 4.57 Å². The van der Waals surface area contributed by atoms with Crippen molar-refractivity contribution in [3.63, 3.8) is 0 Å². The van der Waals surface area contributed by atoms with Gasteiger partial charge in [-0.2, -0.15) is 0 Å². The van der Waals surface area contributed by atoms with Crippen molar-refractivity contribution < 1.29 is 0 Å². The standard InChI is InChI=1S/C22H27ClN2/c1-2-3-4-5-6-7-10-16-25-21-15-9-8-14-20(21)24-22(25)18-12-11-13-19(23)17-18/h8-9,11-15,17H,2-7,10,16H2,1H3. The van der Waals surface area contributed by atoms with Gasteiger partial charge in [-0.15, -0.1) is 0 Å². The van der Waals surface area contributed by atoms with Crippen molar-refractivity contribution >= 4 is 22.6 Å². The van der Waals surface area contributed by atoms with E-state index in [-0.39, 0.29) is 0 Å². The van der Waals surface area contributed by atoms with Gasteiger partial charge in [-0.05, 0) is 30.7 Å². The first kappa shape index (κ1) is 18.0. The van der Waals surface area contributed by atoms with Gasteiger partial charge in [0.1, 0.15) is 5.82 Å². The van der Waals surface area contributed by atoms with E-state index in [9.17, 15) is 0 Å². The molecule has 0 aliphatic rings. The van der Waals surface area contributed by atoms with Gasteiger partial charge in [0.25, 0.3) is 0 Å². The summed E-state index contributed by atoms with van der Waals surface area (Å²) in [5.74, 6) is 1.02. The lowest BCUT2D eigenvalue weighted by Crippen LogP contribution is -2.01. The number of fused-ring (bicyclic) bond motifs is 1. The Labute approximate surface area is 155 Å². The zero-order chi connectivity index (χ0) is 17.5. The number of imidazole rings is 1. The summed E-state index contributed by atoms with van der Waals surface area (Å²) in [5, 5.41) is 0.757. The van der Waals surface area contributed by atoms with E-state index in [2.05, 4.69) is 41.8 Å². The summed E-state index contributed by atoms with van der Waals surface area (Å²) < 4.78 is 2.35. The molecule has 3 heteroatoms. The van der Waals surface area contributed by atoms with E-state index in [1.54, 1.807) is 0 Å². The maximum atomic E-state index is 6.20. The third kappa shape index (κ3) is 4.64. The van der Waals surface area contributed by atoms with E-state index in [0.717, 1.165) is 28.5 Å². The van der Waals surface area contributed by atoms with Gasteiger partial charge >= 0.3 is 0 Å². The molecular formula is C22H27ClN2. The highest BCUT2D eigenvalue weighted by Gasteiger charge is 2.12. The van der Waals surface area contributed by atoms with Gasteiger partial charge in [-0.25, -0.2) is 4.98 Å². The van der Waals surface area contributed by atoms with Crippen LogP contribution in [0.1, 0.15) is 51.9 Å². The lowest BCUT2D eigenvalue weighted by molar-refractivity contribution is 0.557. The Morgan fingerprint density at radius 3 is 2.44 bits per heavy atom. The quantitative estimate of drug-likeness (QED) is 0.374. The average Bonchev–Trinajstić information content (AvgIpc) is 3.00. The predicted molar refractivity (Wildman–Crippen MR) is 108 cm³/mol. The van der Waals surface area contributed by atoms with Gasteiger partial charge in [0.15, 0.2) is 0 Å². The fraction of sp³-hybridized carbons (Fsp3) is 0.409. The van der Waals surface area contributed by atoms with Crippen molar-refractivity contribution in [2.45, 2.75) is 58.4 Å². The summed E-state index contributed by atoms with van der Waals surface area (Å²) in [7, 11) is 0. The maximum absolute atomic E-state index is 6.20. The largest absolute Gasteiger partial charge is 0.324 e. The van der Waals surface area contributed by atoms with E-state index in [4.69, 9.17) is 16.6 Å². The zero-order valence-corrected chi connectivity index (χ0v) is 15.8. The minimum atomic E-state index is 0.757. The average molecular weight is 355 g/mol. The first-order chi connectivity index (χ1) is 12.3. The van der Waals surface area contributed by atoms with Crippen LogP contribution in [0.2, 0.25) is 5.02 Å². The number of halogens is 1. The molecule has 2 aromatic carbocycles. The van der Waals surface area contributed by atoms with Crippen molar-refractivity contribution in [2.24, 2.45) is 0 Å². The Kier molecular flexibility index (Phi) is 6.52. The lowest BCUT2D eigenvalue weighted by Gasteiger charge is -2.10. The number of benzene rings is 2. The molecule has 0 amide bonds. The fourth-order valence-electron chi connectivity index (χ4n) is 3.38. The molecule has 0 unspecified atom stereocenters. The first-order valence-electron chi connectivity index (χ1n) is 9.51. The van der Waals surface area contributed by atoms with Gasteiger partial charge in [0, 0.05) is 17.1 Å². The van der Waals surface area contributed by atoms with Gasteiger partial charge in [0.2, 0.25) is 0 Å². The molecule has 3 aromatic rings. The molecule has 25 heavy (non-hydrogen) atoms. The number of unbranched alkanes of at least 4 members (excludes halogenated alkanes) is 6. The molecule has 0 spiro atoms. The number of hydrogen-bond acceptors (Lipinski definition) is 1. The Morgan fingerprint density at radius 1 is 0.880 bits per heavy atom. The van der Waals surface area contributed by atoms with Crippen LogP contribution in [0.4, 0.5) is 0 Å². The van der Waals surface area contributed by atoms with Crippen LogP contribution in [0.15, 0.2) is 48.5 Å². The molecule has 0 N–H and O–H groups in total. The first-order valence-corrected chi connectivity index (χ1v) is 9.88. The summed E-state index contributed by atoms with van der Waals surface area (Å²) >= 11 is 6.20. The Hall–Kier alpha value is -1.80. The van der Waals surface area contributed by atoms with Gasteiger partial charge in [0.05, 0.1) is 11.0 Å². The van der Waals surface area contributed by atoms with Crippen LogP contribution in [-0.4, -0.2) is 9.55 Å². The molecule has 1 heterocycles. The van der Waals surface area contributed by atoms with Crippen LogP contribution in [0.5, 0.6) is 0 Å². The molecule has 0 fully saturated rings. The zero-order valence-electron chi connectivity index (χ0n) is 15.0. The summed E-state index contributed by atoms with van der Waals surface area (Å²) in [4.78, 5) is 4.87. The van der Waals surface area contributed by atoms with Crippen molar-refractivity contribution in [3.8, 4) is 11.4 Å². The number of aryl methyl sites for hydroxylation is 1. The molecule has 0 radical (unpaired) electrons. The van der Waals surface area contributed by atoms with Crippen LogP contribution < -0.4 is 0 Å². The highest BCUT2D eigenvalue weighted by molar-refractivity contribution is 6.30. The second-order valence-corrected chi connectivity index (χ2v) is 7.14. The lowest BCUT2D eigenvalue weighted by atomic mass is 10.1. The molecule has 0 bridgehead atoms. The molecule has 0 saturated heterocycles. The molecule has 3 rings (SSSR count). The Bertz CT molecular complexity index is 807. The van der Waals surface area contributed by atoms with Crippen molar-refractivity contribution in [1.29, 1.82) is 0 Å². The monoisotopic (exact) mass is 354 g/mol. The minimum absolute atomic E-state index is 0.757. The van der Waals surface area contributed by atoms with Crippen molar-refractivity contribution in [3.05, 3.63) is 53.6 Å². The van der Waals surface area contributed by atoms with Crippen LogP contribution in [0.25, 0.3) is 22.4 Å². The summed E-state index contributed by atoms with van der Waals surface area (Å²) in [6, 6.07) is 16.4. The molecular weight excluding hydrogens is 328 g/mol. The van der Waals surface area contributed by atoms with Crippen LogP contribution in [0, 0.1) is 0 Å². The van der Waals surface area contributed by atoms with E-state index in [1.165, 1.54) is 50.5 Å². The number of nitrogens with zero attached hydrogens (tertiary/aromatic N) is 2. The molecule has 0 saturated carbocycles. The number of rotatable bonds is 9. The second-order valence-electron chi connectivity index (χ2n) is 6.71. The topological polar surface area (TPSA) is 17.8 Å². The third-order valence-electron chi connectivity index (χ3n) is 4.72. The van der Waals surface area contributed by atoms with Gasteiger partial charge in [-0.1, -0.05) is 81.3 Å². The second kappa shape index (κ2) is 9.05. The van der Waals surface area contributed by atoms with Crippen LogP contribution >= 0.6 is 11.6 Å². The normalized spacial score (nSPS) is 11.3. The highest BCUT2D eigenvalue weighted by atomic mass is 35.5. The van der Waals surface area contributed by atoms with E-state index >= 15 is 0 Å². The smallest absolute Gasteiger partial charge is 0.141 e. The van der Waals surface area contributed by atoms with E-state index in [1.807, 2.05) is 18.2 Å². The van der Waals surface area contributed by atoms with E-state index in [0.29, 0.717) is 0 Å². The Morgan fingerprint density at radius 2 is 1.64 bits per heavy atom. The number of hydrogen-bond donors (Lipinski definition) is 0. The highest BCUT2D eigenvalue weighted by Crippen LogP contribution is 2.27. The number of para-hydroxylation sites is 2. The molecule has 0 aliphatic heterocycles. The van der Waals surface area contributed by atoms with Gasteiger partial charge in [-0.3, -0.25) is 0 Å². The minimum Gasteiger partial charge on any atom is -0.324 e. The molecule has 2 nitrogen and oxygen atoms in total. The molecule has 1 aromatic heterocycles. The van der Waals surface area contributed by atoms with Crippen molar-refractivity contribution in [2.75, 3.05) is 0 Å².